The Hall–Kier alpha value is -0.120. The van der Waals surface area contributed by atoms with Crippen molar-refractivity contribution >= 4 is 0 Å². The molecule has 3 heteroatoms. The van der Waals surface area contributed by atoms with Crippen LogP contribution in [0.4, 0.5) is 0 Å². The Morgan fingerprint density at radius 2 is 1.40 bits per heavy atom. The minimum Gasteiger partial charge on any atom is -0.396 e. The smallest absolute Gasteiger partial charge is 0.0521 e. The first-order valence-electron chi connectivity index (χ1n) is 6.12. The molecule has 0 aromatic carbocycles. The Labute approximate surface area is 94.1 Å². The summed E-state index contributed by atoms with van der Waals surface area (Å²) < 4.78 is 0. The summed E-state index contributed by atoms with van der Waals surface area (Å²) in [5, 5.41) is 18.8. The molecule has 2 N–H and O–H groups in total. The van der Waals surface area contributed by atoms with Crippen molar-refractivity contribution in [1.82, 2.24) is 4.90 Å². The molecule has 0 aliphatic carbocycles. The Kier molecular flexibility index (Phi) is 8.02. The second kappa shape index (κ2) is 8.08. The molecule has 0 saturated carbocycles. The van der Waals surface area contributed by atoms with Gasteiger partial charge in [0.25, 0.3) is 0 Å². The molecule has 3 nitrogen and oxygen atoms in total. The quantitative estimate of drug-likeness (QED) is 0.615. The maximum Gasteiger partial charge on any atom is 0.0521 e. The van der Waals surface area contributed by atoms with Crippen LogP contribution in [0.15, 0.2) is 0 Å². The number of rotatable bonds is 9. The van der Waals surface area contributed by atoms with Crippen LogP contribution in [0.1, 0.15) is 40.0 Å². The number of nitrogens with zero attached hydrogens (tertiary/aromatic N) is 1. The molecule has 0 bridgehead atoms. The summed E-state index contributed by atoms with van der Waals surface area (Å²) in [5.74, 6) is 0. The molecule has 92 valence electrons. The summed E-state index contributed by atoms with van der Waals surface area (Å²) in [6.07, 6.45) is 3.07. The van der Waals surface area contributed by atoms with E-state index in [1.54, 1.807) is 0 Å². The Morgan fingerprint density at radius 3 is 1.67 bits per heavy atom. The lowest BCUT2D eigenvalue weighted by atomic mass is 9.86. The van der Waals surface area contributed by atoms with Gasteiger partial charge in [0.15, 0.2) is 0 Å². The fourth-order valence-electron chi connectivity index (χ4n) is 1.86. The lowest BCUT2D eigenvalue weighted by Gasteiger charge is -2.34. The Balaban J connectivity index is 4.30. The third kappa shape index (κ3) is 4.96. The maximum absolute atomic E-state index is 9.38. The van der Waals surface area contributed by atoms with Gasteiger partial charge in [0, 0.05) is 12.0 Å². The highest BCUT2D eigenvalue weighted by Crippen LogP contribution is 2.22. The molecule has 0 spiro atoms. The van der Waals surface area contributed by atoms with Crippen LogP contribution in [0.5, 0.6) is 0 Å². The van der Waals surface area contributed by atoms with Crippen molar-refractivity contribution in [3.8, 4) is 0 Å². The van der Waals surface area contributed by atoms with Gasteiger partial charge < -0.3 is 15.1 Å². The van der Waals surface area contributed by atoms with Gasteiger partial charge in [-0.05, 0) is 32.4 Å². The minimum atomic E-state index is -0.315. The largest absolute Gasteiger partial charge is 0.396 e. The lowest BCUT2D eigenvalue weighted by Crippen LogP contribution is -2.43. The van der Waals surface area contributed by atoms with Crippen LogP contribution in [0.25, 0.3) is 0 Å². The van der Waals surface area contributed by atoms with E-state index in [1.807, 2.05) is 6.92 Å². The van der Waals surface area contributed by atoms with Gasteiger partial charge in [0.2, 0.25) is 0 Å². The monoisotopic (exact) mass is 217 g/mol. The van der Waals surface area contributed by atoms with Crippen LogP contribution in [0.3, 0.4) is 0 Å². The fraction of sp³-hybridized carbons (Fsp3) is 1.00. The summed E-state index contributed by atoms with van der Waals surface area (Å²) in [7, 11) is 0. The van der Waals surface area contributed by atoms with E-state index in [0.717, 1.165) is 38.9 Å². The summed E-state index contributed by atoms with van der Waals surface area (Å²) in [5.41, 5.74) is -0.315. The van der Waals surface area contributed by atoms with E-state index in [-0.39, 0.29) is 18.6 Å². The highest BCUT2D eigenvalue weighted by atomic mass is 16.3. The molecule has 0 unspecified atom stereocenters. The number of hydrogen-bond acceptors (Lipinski definition) is 3. The van der Waals surface area contributed by atoms with Gasteiger partial charge in [-0.3, -0.25) is 0 Å². The predicted molar refractivity (Wildman–Crippen MR) is 63.9 cm³/mol. The van der Waals surface area contributed by atoms with Crippen LogP contribution >= 0.6 is 0 Å². The van der Waals surface area contributed by atoms with Gasteiger partial charge in [-0.1, -0.05) is 20.8 Å². The molecule has 0 amide bonds. The van der Waals surface area contributed by atoms with E-state index < -0.39 is 0 Å². The fourth-order valence-corrected chi connectivity index (χ4v) is 1.86. The molecule has 0 heterocycles. The first-order valence-corrected chi connectivity index (χ1v) is 6.12. The van der Waals surface area contributed by atoms with E-state index in [4.69, 9.17) is 0 Å². The van der Waals surface area contributed by atoms with Crippen molar-refractivity contribution in [1.29, 1.82) is 0 Å². The molecule has 0 aliphatic heterocycles. The molecule has 15 heavy (non-hydrogen) atoms. The van der Waals surface area contributed by atoms with Crippen molar-refractivity contribution in [2.45, 2.75) is 40.0 Å². The van der Waals surface area contributed by atoms with Crippen molar-refractivity contribution in [2.75, 3.05) is 32.8 Å². The van der Waals surface area contributed by atoms with Crippen molar-refractivity contribution in [3.63, 3.8) is 0 Å². The van der Waals surface area contributed by atoms with Crippen LogP contribution in [0, 0.1) is 5.41 Å². The van der Waals surface area contributed by atoms with E-state index in [9.17, 15) is 10.2 Å². The second-order valence-corrected chi connectivity index (χ2v) is 4.45. The molecule has 0 aromatic rings. The highest BCUT2D eigenvalue weighted by Gasteiger charge is 2.28. The van der Waals surface area contributed by atoms with E-state index >= 15 is 0 Å². The molecular weight excluding hydrogens is 190 g/mol. The van der Waals surface area contributed by atoms with Crippen molar-refractivity contribution in [2.24, 2.45) is 5.41 Å². The zero-order valence-electron chi connectivity index (χ0n) is 10.5. The molecule has 0 saturated heterocycles. The first kappa shape index (κ1) is 14.9. The van der Waals surface area contributed by atoms with E-state index in [2.05, 4.69) is 18.7 Å². The number of aliphatic hydroxyl groups is 2. The van der Waals surface area contributed by atoms with E-state index in [0.29, 0.717) is 0 Å². The van der Waals surface area contributed by atoms with E-state index in [1.165, 1.54) is 0 Å². The molecule has 0 aromatic heterocycles. The predicted octanol–water partition coefficient (Wildman–Crippen LogP) is 1.49. The summed E-state index contributed by atoms with van der Waals surface area (Å²) in [4.78, 5) is 2.34. The third-order valence-electron chi connectivity index (χ3n) is 3.06. The minimum absolute atomic E-state index is 0.0733. The average Bonchev–Trinajstić information content (AvgIpc) is 2.27. The number of aliphatic hydroxyl groups excluding tert-OH is 2. The van der Waals surface area contributed by atoms with Crippen molar-refractivity contribution in [3.05, 3.63) is 0 Å². The summed E-state index contributed by atoms with van der Waals surface area (Å²) >= 11 is 0. The maximum atomic E-state index is 9.38. The molecule has 0 radical (unpaired) electrons. The summed E-state index contributed by atoms with van der Waals surface area (Å²) in [6.45, 7) is 9.40. The molecular formula is C12H27NO2. The SMILES string of the molecule is CCCN(CCC)CC(CC)(CO)CO. The van der Waals surface area contributed by atoms with Gasteiger partial charge in [-0.25, -0.2) is 0 Å². The molecule has 0 atom stereocenters. The number of hydrogen-bond donors (Lipinski definition) is 2. The average molecular weight is 217 g/mol. The van der Waals surface area contributed by atoms with Gasteiger partial charge in [0.1, 0.15) is 0 Å². The molecule has 0 fully saturated rings. The van der Waals surface area contributed by atoms with Crippen LogP contribution < -0.4 is 0 Å². The first-order chi connectivity index (χ1) is 7.17. The van der Waals surface area contributed by atoms with Gasteiger partial charge in [0.05, 0.1) is 13.2 Å². The van der Waals surface area contributed by atoms with Crippen LogP contribution in [-0.4, -0.2) is 48.0 Å². The normalized spacial score (nSPS) is 12.4. The summed E-state index contributed by atoms with van der Waals surface area (Å²) in [6, 6.07) is 0. The standard InChI is InChI=1S/C12H27NO2/c1-4-7-13(8-5-2)9-12(6-3,10-14)11-15/h14-15H,4-11H2,1-3H3. The van der Waals surface area contributed by atoms with Crippen LogP contribution in [0.2, 0.25) is 0 Å². The third-order valence-corrected chi connectivity index (χ3v) is 3.06. The second-order valence-electron chi connectivity index (χ2n) is 4.45. The Bertz CT molecular complexity index is 132. The zero-order chi connectivity index (χ0) is 11.7. The van der Waals surface area contributed by atoms with Gasteiger partial charge >= 0.3 is 0 Å². The molecule has 0 aliphatic rings. The lowest BCUT2D eigenvalue weighted by molar-refractivity contribution is 0.0180. The van der Waals surface area contributed by atoms with Gasteiger partial charge in [-0.15, -0.1) is 0 Å². The Morgan fingerprint density at radius 1 is 0.933 bits per heavy atom. The zero-order valence-corrected chi connectivity index (χ0v) is 10.5. The van der Waals surface area contributed by atoms with Gasteiger partial charge in [-0.2, -0.15) is 0 Å². The topological polar surface area (TPSA) is 43.7 Å². The van der Waals surface area contributed by atoms with Crippen molar-refractivity contribution < 1.29 is 10.2 Å². The highest BCUT2D eigenvalue weighted by molar-refractivity contribution is 4.80. The molecule has 0 rings (SSSR count). The van der Waals surface area contributed by atoms with Crippen LogP contribution in [-0.2, 0) is 0 Å².